The normalized spacial score (nSPS) is 21.8. The number of halogens is 2. The molecule has 0 saturated carbocycles. The van der Waals surface area contributed by atoms with Crippen molar-refractivity contribution in [3.63, 3.8) is 0 Å². The minimum absolute atomic E-state index is 0.0192. The Hall–Kier alpha value is -2.41. The van der Waals surface area contributed by atoms with Gasteiger partial charge in [-0.2, -0.15) is 0 Å². The van der Waals surface area contributed by atoms with Crippen molar-refractivity contribution in [3.8, 4) is 0 Å². The van der Waals surface area contributed by atoms with E-state index in [4.69, 9.17) is 11.6 Å². The van der Waals surface area contributed by atoms with Gasteiger partial charge in [-0.25, -0.2) is 9.37 Å². The lowest BCUT2D eigenvalue weighted by molar-refractivity contribution is -0.131. The highest BCUT2D eigenvalue weighted by molar-refractivity contribution is 6.31. The molecule has 4 rings (SSSR count). The average Bonchev–Trinajstić information content (AvgIpc) is 3.29. The van der Waals surface area contributed by atoms with Gasteiger partial charge in [0.05, 0.1) is 25.0 Å². The van der Waals surface area contributed by atoms with Gasteiger partial charge < -0.3 is 14.4 Å². The van der Waals surface area contributed by atoms with Crippen LogP contribution in [0.5, 0.6) is 0 Å². The Bertz CT molecular complexity index is 879. The van der Waals surface area contributed by atoms with E-state index in [-0.39, 0.29) is 40.9 Å². The van der Waals surface area contributed by atoms with E-state index < -0.39 is 5.82 Å². The van der Waals surface area contributed by atoms with Crippen LogP contribution in [0, 0.1) is 5.82 Å². The van der Waals surface area contributed by atoms with Crippen LogP contribution in [-0.4, -0.2) is 49.8 Å². The molecule has 2 saturated heterocycles. The molecule has 0 unspecified atom stereocenters. The zero-order chi connectivity index (χ0) is 19.1. The minimum Gasteiger partial charge on any atom is -0.337 e. The van der Waals surface area contributed by atoms with Gasteiger partial charge in [0.1, 0.15) is 11.6 Å². The van der Waals surface area contributed by atoms with Crippen molar-refractivity contribution in [3.05, 3.63) is 52.8 Å². The molecule has 0 aliphatic carbocycles. The van der Waals surface area contributed by atoms with Crippen molar-refractivity contribution in [2.24, 2.45) is 7.05 Å². The topological polar surface area (TPSA) is 58.4 Å². The molecule has 1 aromatic carbocycles. The molecule has 2 aliphatic heterocycles. The molecule has 8 heteroatoms. The summed E-state index contributed by atoms with van der Waals surface area (Å²) in [5.41, 5.74) is 0.210. The number of amides is 2. The van der Waals surface area contributed by atoms with E-state index in [1.807, 2.05) is 22.7 Å². The number of nitrogens with zero attached hydrogens (tertiary/aromatic N) is 4. The molecule has 0 spiro atoms. The molecular weight excluding hydrogens is 371 g/mol. The number of hydrogen-bond acceptors (Lipinski definition) is 3. The number of imidazole rings is 1. The first-order valence-electron chi connectivity index (χ1n) is 8.93. The first-order chi connectivity index (χ1) is 13.0. The average molecular weight is 391 g/mol. The van der Waals surface area contributed by atoms with Crippen molar-refractivity contribution in [1.82, 2.24) is 19.4 Å². The summed E-state index contributed by atoms with van der Waals surface area (Å²) in [4.78, 5) is 33.1. The van der Waals surface area contributed by atoms with Crippen LogP contribution in [0.2, 0.25) is 5.02 Å². The van der Waals surface area contributed by atoms with Gasteiger partial charge in [0, 0.05) is 43.0 Å². The number of aryl methyl sites for hydroxylation is 1. The first kappa shape index (κ1) is 18.0. The zero-order valence-corrected chi connectivity index (χ0v) is 15.7. The first-order valence-corrected chi connectivity index (χ1v) is 9.31. The largest absolute Gasteiger partial charge is 0.337 e. The lowest BCUT2D eigenvalue weighted by atomic mass is 10.1. The van der Waals surface area contributed by atoms with Crippen LogP contribution in [-0.2, 0) is 29.6 Å². The summed E-state index contributed by atoms with van der Waals surface area (Å²) in [5.74, 6) is 0.160. The molecule has 2 aliphatic rings. The highest BCUT2D eigenvalue weighted by atomic mass is 35.5. The summed E-state index contributed by atoms with van der Waals surface area (Å²) < 4.78 is 15.9. The third-order valence-electron chi connectivity index (χ3n) is 5.56. The Morgan fingerprint density at radius 1 is 1.37 bits per heavy atom. The van der Waals surface area contributed by atoms with E-state index in [9.17, 15) is 14.0 Å². The van der Waals surface area contributed by atoms with Gasteiger partial charge in [-0.3, -0.25) is 9.59 Å². The molecule has 2 amide bonds. The maximum atomic E-state index is 14.0. The second-order valence-corrected chi connectivity index (χ2v) is 7.47. The summed E-state index contributed by atoms with van der Waals surface area (Å²) in [6.07, 6.45) is 4.47. The Kier molecular flexibility index (Phi) is 4.63. The maximum absolute atomic E-state index is 14.0. The predicted molar refractivity (Wildman–Crippen MR) is 97.4 cm³/mol. The van der Waals surface area contributed by atoms with Gasteiger partial charge in [-0.05, 0) is 18.6 Å². The molecule has 0 bridgehead atoms. The fourth-order valence-electron chi connectivity index (χ4n) is 4.10. The van der Waals surface area contributed by atoms with Crippen LogP contribution in [0.15, 0.2) is 30.6 Å². The highest BCUT2D eigenvalue weighted by Crippen LogP contribution is 2.34. The quantitative estimate of drug-likeness (QED) is 0.803. The summed E-state index contributed by atoms with van der Waals surface area (Å²) >= 11 is 6.05. The van der Waals surface area contributed by atoms with Gasteiger partial charge in [-0.15, -0.1) is 0 Å². The molecule has 2 aromatic rings. The number of likely N-dealkylation sites (tertiary alicyclic amines) is 2. The number of carbonyl (C=O) groups excluding carboxylic acids is 2. The van der Waals surface area contributed by atoms with Crippen LogP contribution in [0.4, 0.5) is 4.39 Å². The van der Waals surface area contributed by atoms with Crippen LogP contribution in [0.3, 0.4) is 0 Å². The second kappa shape index (κ2) is 6.96. The lowest BCUT2D eigenvalue weighted by Crippen LogP contribution is -2.40. The standard InChI is InChI=1S/C19H20ClFN4O2/c1-23-8-6-22-17(23)11-25-15-5-7-24(16(15)10-19(25)27)18(26)9-12-13(20)3-2-4-14(12)21/h2-4,6,8,15-16H,5,7,9-11H2,1H3/t15-,16-/m0/s1. The third-order valence-corrected chi connectivity index (χ3v) is 5.91. The summed E-state index contributed by atoms with van der Waals surface area (Å²) in [6.45, 7) is 0.995. The Morgan fingerprint density at radius 3 is 2.89 bits per heavy atom. The monoisotopic (exact) mass is 390 g/mol. The van der Waals surface area contributed by atoms with E-state index in [0.29, 0.717) is 19.5 Å². The van der Waals surface area contributed by atoms with E-state index in [1.54, 1.807) is 17.2 Å². The molecule has 3 heterocycles. The van der Waals surface area contributed by atoms with E-state index in [1.165, 1.54) is 12.1 Å². The van der Waals surface area contributed by atoms with Gasteiger partial charge in [-0.1, -0.05) is 17.7 Å². The van der Waals surface area contributed by atoms with Crippen molar-refractivity contribution >= 4 is 23.4 Å². The molecule has 6 nitrogen and oxygen atoms in total. The fraction of sp³-hybridized carbons (Fsp3) is 0.421. The number of rotatable bonds is 4. The molecule has 2 fully saturated rings. The summed E-state index contributed by atoms with van der Waals surface area (Å²) in [7, 11) is 1.89. The number of hydrogen-bond donors (Lipinski definition) is 0. The maximum Gasteiger partial charge on any atom is 0.227 e. The van der Waals surface area contributed by atoms with Crippen LogP contribution in [0.25, 0.3) is 0 Å². The van der Waals surface area contributed by atoms with Crippen molar-refractivity contribution in [2.45, 2.75) is 37.9 Å². The predicted octanol–water partition coefficient (Wildman–Crippen LogP) is 2.16. The van der Waals surface area contributed by atoms with E-state index >= 15 is 0 Å². The molecule has 27 heavy (non-hydrogen) atoms. The zero-order valence-electron chi connectivity index (χ0n) is 14.9. The van der Waals surface area contributed by atoms with Gasteiger partial charge in [0.25, 0.3) is 0 Å². The van der Waals surface area contributed by atoms with Gasteiger partial charge >= 0.3 is 0 Å². The smallest absolute Gasteiger partial charge is 0.227 e. The second-order valence-electron chi connectivity index (χ2n) is 7.07. The molecule has 2 atom stereocenters. The molecule has 142 valence electrons. The molecule has 0 radical (unpaired) electrons. The number of carbonyl (C=O) groups is 2. The SMILES string of the molecule is Cn1ccnc1CN1C(=O)C[C@H]2[C@@H]1CCN2C(=O)Cc1c(F)cccc1Cl. The molecule has 1 aromatic heterocycles. The minimum atomic E-state index is -0.481. The van der Waals surface area contributed by atoms with Crippen molar-refractivity contribution < 1.29 is 14.0 Å². The number of benzene rings is 1. The van der Waals surface area contributed by atoms with E-state index in [2.05, 4.69) is 4.98 Å². The Morgan fingerprint density at radius 2 is 2.19 bits per heavy atom. The third kappa shape index (κ3) is 3.20. The highest BCUT2D eigenvalue weighted by Gasteiger charge is 2.48. The van der Waals surface area contributed by atoms with Gasteiger partial charge in [0.15, 0.2) is 0 Å². The number of aromatic nitrogens is 2. The summed E-state index contributed by atoms with van der Waals surface area (Å²) in [6, 6.07) is 4.20. The van der Waals surface area contributed by atoms with E-state index in [0.717, 1.165) is 12.2 Å². The van der Waals surface area contributed by atoms with Crippen LogP contribution in [0.1, 0.15) is 24.2 Å². The van der Waals surface area contributed by atoms with Crippen molar-refractivity contribution in [2.75, 3.05) is 6.54 Å². The molecular formula is C19H20ClFN4O2. The Labute approximate surface area is 161 Å². The summed E-state index contributed by atoms with van der Waals surface area (Å²) in [5, 5.41) is 0.248. The number of fused-ring (bicyclic) bond motifs is 1. The van der Waals surface area contributed by atoms with Gasteiger partial charge in [0.2, 0.25) is 11.8 Å². The molecule has 0 N–H and O–H groups in total. The fourth-order valence-corrected chi connectivity index (χ4v) is 4.33. The van der Waals surface area contributed by atoms with Crippen LogP contribution >= 0.6 is 11.6 Å². The van der Waals surface area contributed by atoms with Crippen molar-refractivity contribution in [1.29, 1.82) is 0 Å². The lowest BCUT2D eigenvalue weighted by Gasteiger charge is -2.25. The Balaban J connectivity index is 1.49. The van der Waals surface area contributed by atoms with Crippen LogP contribution < -0.4 is 0 Å².